The summed E-state index contributed by atoms with van der Waals surface area (Å²) in [7, 11) is -1.60. The van der Waals surface area contributed by atoms with Crippen LogP contribution in [0.1, 0.15) is 10.4 Å². The second-order valence-corrected chi connectivity index (χ2v) is 9.47. The van der Waals surface area contributed by atoms with Crippen LogP contribution in [-0.4, -0.2) is 52.5 Å². The van der Waals surface area contributed by atoms with Crippen LogP contribution in [-0.2, 0) is 10.0 Å². The van der Waals surface area contributed by atoms with E-state index in [2.05, 4.69) is 26.9 Å². The average molecular weight is 451 g/mol. The highest BCUT2D eigenvalue weighted by molar-refractivity contribution is 7.92. The lowest BCUT2D eigenvalue weighted by atomic mass is 10.2. The molecule has 1 saturated heterocycles. The zero-order valence-electron chi connectivity index (χ0n) is 17.9. The molecular weight excluding hydrogens is 424 g/mol. The Labute approximate surface area is 188 Å². The molecule has 0 saturated carbocycles. The number of para-hydroxylation sites is 1. The Bertz CT molecular complexity index is 1160. The number of piperazine rings is 1. The molecule has 0 aliphatic carbocycles. The van der Waals surface area contributed by atoms with Crippen LogP contribution < -0.4 is 14.9 Å². The minimum atomic E-state index is -3.72. The Morgan fingerprint density at radius 3 is 2.03 bits per heavy atom. The summed E-state index contributed by atoms with van der Waals surface area (Å²) in [6, 6.07) is 22.3. The first kappa shape index (κ1) is 21.9. The van der Waals surface area contributed by atoms with Crippen LogP contribution in [0.3, 0.4) is 0 Å². The van der Waals surface area contributed by atoms with Crippen molar-refractivity contribution in [3.63, 3.8) is 0 Å². The third-order valence-corrected chi connectivity index (χ3v) is 6.84. The second-order valence-electron chi connectivity index (χ2n) is 7.79. The number of nitrogens with zero attached hydrogens (tertiary/aromatic N) is 2. The quantitative estimate of drug-likeness (QED) is 0.601. The van der Waals surface area contributed by atoms with Crippen molar-refractivity contribution in [3.8, 4) is 0 Å². The van der Waals surface area contributed by atoms with Gasteiger partial charge in [0.25, 0.3) is 15.9 Å². The molecule has 0 unspecified atom stereocenters. The van der Waals surface area contributed by atoms with E-state index >= 15 is 0 Å². The number of sulfonamides is 1. The van der Waals surface area contributed by atoms with E-state index in [1.165, 1.54) is 24.3 Å². The Balaban J connectivity index is 1.38. The summed E-state index contributed by atoms with van der Waals surface area (Å²) in [4.78, 5) is 17.3. The number of benzene rings is 3. The summed E-state index contributed by atoms with van der Waals surface area (Å²) in [5.74, 6) is -0.294. The number of rotatable bonds is 6. The number of carbonyl (C=O) groups excluding carboxylic acids is 1. The van der Waals surface area contributed by atoms with Gasteiger partial charge < -0.3 is 15.1 Å². The summed E-state index contributed by atoms with van der Waals surface area (Å²) < 4.78 is 27.6. The molecular formula is C24H26N4O3S. The molecule has 0 atom stereocenters. The molecule has 8 heteroatoms. The van der Waals surface area contributed by atoms with E-state index in [0.29, 0.717) is 16.9 Å². The van der Waals surface area contributed by atoms with Crippen molar-refractivity contribution in [2.75, 3.05) is 48.2 Å². The molecule has 7 nitrogen and oxygen atoms in total. The molecule has 3 aromatic carbocycles. The van der Waals surface area contributed by atoms with E-state index in [0.717, 1.165) is 31.9 Å². The van der Waals surface area contributed by atoms with E-state index in [9.17, 15) is 13.2 Å². The van der Waals surface area contributed by atoms with Gasteiger partial charge in [0.15, 0.2) is 0 Å². The standard InChI is InChI=1S/C24H26N4O3S/c1-27-15-17-28(18-16-27)22-11-9-20(10-12-22)25-24(29)19-7-13-23(14-8-19)32(30,31)26-21-5-3-2-4-6-21/h2-14,26H,15-18H2,1H3,(H,25,29). The molecule has 1 aliphatic rings. The highest BCUT2D eigenvalue weighted by Crippen LogP contribution is 2.21. The van der Waals surface area contributed by atoms with E-state index in [1.807, 2.05) is 30.3 Å². The van der Waals surface area contributed by atoms with Gasteiger partial charge in [0, 0.05) is 48.8 Å². The third-order valence-electron chi connectivity index (χ3n) is 5.45. The van der Waals surface area contributed by atoms with Crippen LogP contribution >= 0.6 is 0 Å². The van der Waals surface area contributed by atoms with Crippen molar-refractivity contribution >= 4 is 33.0 Å². The van der Waals surface area contributed by atoms with Crippen LogP contribution in [0.4, 0.5) is 17.1 Å². The molecule has 166 valence electrons. The Morgan fingerprint density at radius 1 is 0.781 bits per heavy atom. The molecule has 0 radical (unpaired) electrons. The molecule has 0 spiro atoms. The minimum Gasteiger partial charge on any atom is -0.369 e. The van der Waals surface area contributed by atoms with Crippen molar-refractivity contribution in [1.29, 1.82) is 0 Å². The smallest absolute Gasteiger partial charge is 0.261 e. The number of amides is 1. The van der Waals surface area contributed by atoms with E-state index < -0.39 is 10.0 Å². The maximum atomic E-state index is 12.6. The minimum absolute atomic E-state index is 0.0921. The summed E-state index contributed by atoms with van der Waals surface area (Å²) in [6.07, 6.45) is 0. The lowest BCUT2D eigenvalue weighted by Gasteiger charge is -2.34. The molecule has 0 bridgehead atoms. The maximum Gasteiger partial charge on any atom is 0.261 e. The van der Waals surface area contributed by atoms with Crippen LogP contribution in [0.15, 0.2) is 83.8 Å². The molecule has 3 aromatic rings. The highest BCUT2D eigenvalue weighted by Gasteiger charge is 2.16. The van der Waals surface area contributed by atoms with Gasteiger partial charge in [0.2, 0.25) is 0 Å². The number of anilines is 3. The van der Waals surface area contributed by atoms with Crippen LogP contribution in [0, 0.1) is 0 Å². The third kappa shape index (κ3) is 5.27. The molecule has 4 rings (SSSR count). The van der Waals surface area contributed by atoms with E-state index in [4.69, 9.17) is 0 Å². The molecule has 1 aliphatic heterocycles. The lowest BCUT2D eigenvalue weighted by Crippen LogP contribution is -2.44. The number of likely N-dealkylation sites (N-methyl/N-ethyl adjacent to an activating group) is 1. The van der Waals surface area contributed by atoms with Crippen molar-refractivity contribution in [3.05, 3.63) is 84.4 Å². The summed E-state index contributed by atoms with van der Waals surface area (Å²) in [6.45, 7) is 4.03. The van der Waals surface area contributed by atoms with Gasteiger partial charge in [-0.2, -0.15) is 0 Å². The molecule has 2 N–H and O–H groups in total. The molecule has 32 heavy (non-hydrogen) atoms. The van der Waals surface area contributed by atoms with E-state index in [-0.39, 0.29) is 10.8 Å². The van der Waals surface area contributed by atoms with Gasteiger partial charge in [-0.15, -0.1) is 0 Å². The van der Waals surface area contributed by atoms with Gasteiger partial charge in [0.1, 0.15) is 0 Å². The fraction of sp³-hybridized carbons (Fsp3) is 0.208. The SMILES string of the molecule is CN1CCN(c2ccc(NC(=O)c3ccc(S(=O)(=O)Nc4ccccc4)cc3)cc2)CC1. The molecule has 1 amide bonds. The van der Waals surface area contributed by atoms with Crippen LogP contribution in [0.2, 0.25) is 0 Å². The van der Waals surface area contributed by atoms with Gasteiger partial charge in [-0.05, 0) is 67.7 Å². The topological polar surface area (TPSA) is 81.8 Å². The number of nitrogens with one attached hydrogen (secondary N) is 2. The van der Waals surface area contributed by atoms with Crippen LogP contribution in [0.25, 0.3) is 0 Å². The molecule has 0 aromatic heterocycles. The van der Waals surface area contributed by atoms with Gasteiger partial charge in [0.05, 0.1) is 4.90 Å². The number of carbonyl (C=O) groups is 1. The predicted octanol–water partition coefficient (Wildman–Crippen LogP) is 3.49. The zero-order valence-corrected chi connectivity index (χ0v) is 18.7. The van der Waals surface area contributed by atoms with Crippen molar-refractivity contribution in [2.24, 2.45) is 0 Å². The number of hydrogen-bond donors (Lipinski definition) is 2. The maximum absolute atomic E-state index is 12.6. The molecule has 1 fully saturated rings. The monoisotopic (exact) mass is 450 g/mol. The largest absolute Gasteiger partial charge is 0.369 e. The first-order chi connectivity index (χ1) is 15.4. The molecule has 1 heterocycles. The normalized spacial score (nSPS) is 14.7. The van der Waals surface area contributed by atoms with Crippen molar-refractivity contribution in [2.45, 2.75) is 4.90 Å². The van der Waals surface area contributed by atoms with Gasteiger partial charge in [-0.3, -0.25) is 9.52 Å². The lowest BCUT2D eigenvalue weighted by molar-refractivity contribution is 0.102. The first-order valence-corrected chi connectivity index (χ1v) is 11.9. The van der Waals surface area contributed by atoms with Crippen LogP contribution in [0.5, 0.6) is 0 Å². The first-order valence-electron chi connectivity index (χ1n) is 10.4. The van der Waals surface area contributed by atoms with Gasteiger partial charge in [-0.1, -0.05) is 18.2 Å². The summed E-state index contributed by atoms with van der Waals surface area (Å²) in [5, 5.41) is 2.86. The predicted molar refractivity (Wildman–Crippen MR) is 128 cm³/mol. The van der Waals surface area contributed by atoms with Crippen molar-refractivity contribution in [1.82, 2.24) is 4.90 Å². The number of hydrogen-bond acceptors (Lipinski definition) is 5. The zero-order chi connectivity index (χ0) is 22.6. The summed E-state index contributed by atoms with van der Waals surface area (Å²) >= 11 is 0. The van der Waals surface area contributed by atoms with Gasteiger partial charge >= 0.3 is 0 Å². The average Bonchev–Trinajstić information content (AvgIpc) is 2.81. The fourth-order valence-electron chi connectivity index (χ4n) is 3.53. The van der Waals surface area contributed by atoms with Gasteiger partial charge in [-0.25, -0.2) is 8.42 Å². The highest BCUT2D eigenvalue weighted by atomic mass is 32.2. The van der Waals surface area contributed by atoms with E-state index in [1.54, 1.807) is 24.3 Å². The Kier molecular flexibility index (Phi) is 6.43. The fourth-order valence-corrected chi connectivity index (χ4v) is 4.59. The second kappa shape index (κ2) is 9.42. The van der Waals surface area contributed by atoms with Crippen molar-refractivity contribution < 1.29 is 13.2 Å². The summed E-state index contributed by atoms with van der Waals surface area (Å²) in [5.41, 5.74) is 2.69. The Hall–Kier alpha value is -3.36. The Morgan fingerprint density at radius 2 is 1.41 bits per heavy atom.